The van der Waals surface area contributed by atoms with Gasteiger partial charge in [-0.2, -0.15) is 0 Å². The van der Waals surface area contributed by atoms with E-state index in [4.69, 9.17) is 11.6 Å². The van der Waals surface area contributed by atoms with Crippen molar-refractivity contribution in [2.45, 2.75) is 4.90 Å². The van der Waals surface area contributed by atoms with E-state index in [-0.39, 0.29) is 0 Å². The molecular weight excluding hydrogens is 234 g/mol. The first-order valence-corrected chi connectivity index (χ1v) is 6.40. The van der Waals surface area contributed by atoms with Crippen molar-refractivity contribution in [1.82, 2.24) is 4.98 Å². The predicted octanol–water partition coefficient (Wildman–Crippen LogP) is 3.99. The van der Waals surface area contributed by atoms with Crippen molar-refractivity contribution < 1.29 is 0 Å². The van der Waals surface area contributed by atoms with Crippen LogP contribution in [-0.2, 0) is 0 Å². The maximum Gasteiger partial charge on any atom is 0.184 e. The van der Waals surface area contributed by atoms with Gasteiger partial charge in [-0.05, 0) is 18.4 Å². The zero-order valence-electron chi connectivity index (χ0n) is 7.45. The van der Waals surface area contributed by atoms with Gasteiger partial charge < -0.3 is 0 Å². The molecule has 0 aliphatic heterocycles. The highest BCUT2D eigenvalue weighted by molar-refractivity contribution is 7.98. The highest BCUT2D eigenvalue weighted by Gasteiger charge is 2.02. The van der Waals surface area contributed by atoms with Crippen LogP contribution in [0.4, 0.5) is 0 Å². The highest BCUT2D eigenvalue weighted by atomic mass is 35.5. The number of aromatic nitrogens is 1. The molecule has 14 heavy (non-hydrogen) atoms. The van der Waals surface area contributed by atoms with Crippen molar-refractivity contribution in [3.8, 4) is 11.3 Å². The summed E-state index contributed by atoms with van der Waals surface area (Å²) in [6, 6.07) is 8.21. The minimum absolute atomic E-state index is 0.536. The molecule has 0 bridgehead atoms. The van der Waals surface area contributed by atoms with Crippen LogP contribution in [0.25, 0.3) is 11.3 Å². The van der Waals surface area contributed by atoms with Crippen LogP contribution in [0, 0.1) is 5.38 Å². The molecule has 0 amide bonds. The average molecular weight is 241 g/mol. The van der Waals surface area contributed by atoms with Crippen molar-refractivity contribution in [2.75, 3.05) is 6.26 Å². The maximum absolute atomic E-state index is 5.74. The summed E-state index contributed by atoms with van der Waals surface area (Å²) >= 11 is 8.80. The second kappa shape index (κ2) is 4.34. The van der Waals surface area contributed by atoms with Crippen LogP contribution in [0.5, 0.6) is 0 Å². The molecule has 0 unspecified atom stereocenters. The number of halogens is 1. The summed E-state index contributed by atoms with van der Waals surface area (Å²) in [6.07, 6.45) is 2.06. The number of rotatable bonds is 2. The normalized spacial score (nSPS) is 10.4. The summed E-state index contributed by atoms with van der Waals surface area (Å²) in [6.45, 7) is 0. The van der Waals surface area contributed by atoms with Gasteiger partial charge in [-0.1, -0.05) is 23.7 Å². The summed E-state index contributed by atoms with van der Waals surface area (Å²) in [4.78, 5) is 5.40. The molecule has 71 valence electrons. The molecule has 4 heteroatoms. The van der Waals surface area contributed by atoms with Crippen LogP contribution in [0.2, 0.25) is 4.47 Å². The second-order valence-electron chi connectivity index (χ2n) is 2.65. The fourth-order valence-electron chi connectivity index (χ4n) is 1.10. The van der Waals surface area contributed by atoms with Gasteiger partial charge in [0, 0.05) is 10.5 Å². The van der Waals surface area contributed by atoms with Gasteiger partial charge in [0.05, 0.1) is 11.1 Å². The van der Waals surface area contributed by atoms with Crippen LogP contribution in [0.3, 0.4) is 0 Å². The Bertz CT molecular complexity index is 422. The quantitative estimate of drug-likeness (QED) is 0.737. The largest absolute Gasteiger partial charge is 0.224 e. The lowest BCUT2D eigenvalue weighted by molar-refractivity contribution is 1.38. The molecular formula is C10H7ClNS2. The minimum atomic E-state index is 0.536. The molecule has 1 aromatic carbocycles. The highest BCUT2D eigenvalue weighted by Crippen LogP contribution is 2.25. The van der Waals surface area contributed by atoms with Crippen molar-refractivity contribution in [3.63, 3.8) is 0 Å². The molecule has 0 atom stereocenters. The number of thiazole rings is 1. The molecule has 0 aliphatic carbocycles. The van der Waals surface area contributed by atoms with Gasteiger partial charge in [0.1, 0.15) is 0 Å². The predicted molar refractivity (Wildman–Crippen MR) is 63.2 cm³/mol. The van der Waals surface area contributed by atoms with Crippen molar-refractivity contribution in [1.29, 1.82) is 0 Å². The van der Waals surface area contributed by atoms with Gasteiger partial charge in [-0.25, -0.2) is 4.98 Å². The van der Waals surface area contributed by atoms with Gasteiger partial charge in [-0.15, -0.1) is 23.1 Å². The van der Waals surface area contributed by atoms with E-state index >= 15 is 0 Å². The van der Waals surface area contributed by atoms with Crippen molar-refractivity contribution in [3.05, 3.63) is 34.1 Å². The van der Waals surface area contributed by atoms with E-state index in [0.717, 1.165) is 11.3 Å². The van der Waals surface area contributed by atoms with Crippen molar-refractivity contribution >= 4 is 34.7 Å². The standard InChI is InChI=1S/C10H7ClNS2/c1-13-8-4-2-7(3-5-8)9-6-14-10(11)12-9/h2-5H,1H3. The minimum Gasteiger partial charge on any atom is -0.224 e. The number of thioether (sulfide) groups is 1. The number of hydrogen-bond donors (Lipinski definition) is 0. The summed E-state index contributed by atoms with van der Waals surface area (Å²) in [5, 5.41) is 3.05. The first-order chi connectivity index (χ1) is 6.79. The molecule has 1 aromatic heterocycles. The van der Waals surface area contributed by atoms with E-state index in [2.05, 4.69) is 28.8 Å². The van der Waals surface area contributed by atoms with Crippen molar-refractivity contribution in [2.24, 2.45) is 0 Å². The smallest absolute Gasteiger partial charge is 0.184 e. The van der Waals surface area contributed by atoms with E-state index < -0.39 is 0 Å². The van der Waals surface area contributed by atoms with Crippen LogP contribution in [-0.4, -0.2) is 11.2 Å². The Kier molecular flexibility index (Phi) is 3.11. The molecule has 1 radical (unpaired) electrons. The zero-order valence-corrected chi connectivity index (χ0v) is 9.84. The van der Waals surface area contributed by atoms with Gasteiger partial charge >= 0.3 is 0 Å². The molecule has 0 spiro atoms. The molecule has 0 saturated carbocycles. The fraction of sp³-hybridized carbons (Fsp3) is 0.100. The Hall–Kier alpha value is -0.510. The van der Waals surface area contributed by atoms with Gasteiger partial charge in [0.15, 0.2) is 4.47 Å². The summed E-state index contributed by atoms with van der Waals surface area (Å²) < 4.78 is 0.536. The molecule has 2 aromatic rings. The molecule has 1 heterocycles. The van der Waals surface area contributed by atoms with Gasteiger partial charge in [-0.3, -0.25) is 0 Å². The van der Waals surface area contributed by atoms with E-state index in [1.807, 2.05) is 12.1 Å². The first kappa shape index (κ1) is 10.0. The monoisotopic (exact) mass is 240 g/mol. The van der Waals surface area contributed by atoms with E-state index in [9.17, 15) is 0 Å². The fourth-order valence-corrected chi connectivity index (χ4v) is 2.19. The Morgan fingerprint density at radius 2 is 2.07 bits per heavy atom. The number of benzene rings is 1. The van der Waals surface area contributed by atoms with E-state index in [1.54, 1.807) is 11.8 Å². The SMILES string of the molecule is CSc1ccc(-c2[c]sc(Cl)n2)cc1. The molecule has 2 rings (SSSR count). The maximum atomic E-state index is 5.74. The van der Waals surface area contributed by atoms with Gasteiger partial charge in [0.25, 0.3) is 0 Å². The lowest BCUT2D eigenvalue weighted by Crippen LogP contribution is -1.77. The Labute approximate surface area is 96.1 Å². The molecule has 0 fully saturated rings. The molecule has 0 N–H and O–H groups in total. The Balaban J connectivity index is 2.33. The third-order valence-corrected chi connectivity index (χ3v) is 3.41. The van der Waals surface area contributed by atoms with Crippen LogP contribution < -0.4 is 0 Å². The Morgan fingerprint density at radius 3 is 2.57 bits per heavy atom. The summed E-state index contributed by atoms with van der Waals surface area (Å²) in [7, 11) is 0. The summed E-state index contributed by atoms with van der Waals surface area (Å²) in [5.41, 5.74) is 1.89. The van der Waals surface area contributed by atoms with Crippen LogP contribution >= 0.6 is 34.7 Å². The van der Waals surface area contributed by atoms with Crippen LogP contribution in [0.1, 0.15) is 0 Å². The topological polar surface area (TPSA) is 12.9 Å². The average Bonchev–Trinajstić information content (AvgIpc) is 2.65. The van der Waals surface area contributed by atoms with E-state index in [0.29, 0.717) is 4.47 Å². The number of hydrogen-bond acceptors (Lipinski definition) is 3. The lowest BCUT2D eigenvalue weighted by Gasteiger charge is -1.97. The van der Waals surface area contributed by atoms with E-state index in [1.165, 1.54) is 16.2 Å². The third-order valence-electron chi connectivity index (χ3n) is 1.80. The molecule has 1 nitrogen and oxygen atoms in total. The molecule has 0 aliphatic rings. The molecule has 0 saturated heterocycles. The second-order valence-corrected chi connectivity index (χ2v) is 4.90. The first-order valence-electron chi connectivity index (χ1n) is 3.98. The lowest BCUT2D eigenvalue weighted by atomic mass is 10.2. The number of nitrogens with zero attached hydrogens (tertiary/aromatic N) is 1. The van der Waals surface area contributed by atoms with Crippen LogP contribution in [0.15, 0.2) is 29.2 Å². The Morgan fingerprint density at radius 1 is 1.36 bits per heavy atom. The summed E-state index contributed by atoms with van der Waals surface area (Å²) in [5.74, 6) is 0. The van der Waals surface area contributed by atoms with Gasteiger partial charge in [0.2, 0.25) is 0 Å². The third kappa shape index (κ3) is 2.11. The zero-order chi connectivity index (χ0) is 9.97.